The number of nitrogens with one attached hydrogen (secondary N) is 2. The number of thiocarbonyl (C=S) groups is 1. The average molecular weight is 483 g/mol. The van der Waals surface area contributed by atoms with Gasteiger partial charge in [0.1, 0.15) is 6.04 Å². The van der Waals surface area contributed by atoms with Gasteiger partial charge in [-0.25, -0.2) is 0 Å². The van der Waals surface area contributed by atoms with Crippen LogP contribution in [-0.4, -0.2) is 25.6 Å². The van der Waals surface area contributed by atoms with Crippen LogP contribution in [0.2, 0.25) is 0 Å². The third-order valence-electron chi connectivity index (χ3n) is 6.21. The summed E-state index contributed by atoms with van der Waals surface area (Å²) in [6, 6.07) is 19.7. The Morgan fingerprint density at radius 1 is 1.06 bits per heavy atom. The number of aryl methyl sites for hydroxylation is 1. The maximum atomic E-state index is 11.9. The standard InChI is InChI=1S/C27H26N6OS/c1-3-24(34)30-21-10-9-20(17-18(21)2)33-26(25(31-27(33)35)22-7-4-5-13-29-22)23-8-6-16-32(23)19-11-14-28-15-12-19/h4-17,25-26H,3H2,1-2H3,(H,30,34)(H,31,35). The van der Waals surface area contributed by atoms with Crippen LogP contribution >= 0.6 is 12.2 Å². The molecule has 176 valence electrons. The highest BCUT2D eigenvalue weighted by molar-refractivity contribution is 7.80. The van der Waals surface area contributed by atoms with Gasteiger partial charge in [-0.1, -0.05) is 13.0 Å². The van der Waals surface area contributed by atoms with Gasteiger partial charge in [-0.15, -0.1) is 0 Å². The molecule has 2 atom stereocenters. The van der Waals surface area contributed by atoms with Crippen LogP contribution in [0.3, 0.4) is 0 Å². The van der Waals surface area contributed by atoms with Gasteiger partial charge in [0, 0.05) is 54.0 Å². The van der Waals surface area contributed by atoms with Crippen molar-refractivity contribution in [2.24, 2.45) is 0 Å². The smallest absolute Gasteiger partial charge is 0.224 e. The number of pyridine rings is 2. The SMILES string of the molecule is CCC(=O)Nc1ccc(N2C(=S)NC(c3ccccn3)C2c2cccn2-c2ccncc2)cc1C. The number of nitrogens with zero attached hydrogens (tertiary/aromatic N) is 4. The third kappa shape index (κ3) is 4.40. The van der Waals surface area contributed by atoms with Crippen molar-refractivity contribution in [1.82, 2.24) is 19.9 Å². The van der Waals surface area contributed by atoms with E-state index < -0.39 is 0 Å². The summed E-state index contributed by atoms with van der Waals surface area (Å²) in [6.45, 7) is 3.83. The molecule has 1 aliphatic heterocycles. The Hall–Kier alpha value is -4.04. The molecule has 1 fully saturated rings. The van der Waals surface area contributed by atoms with E-state index in [9.17, 15) is 4.79 Å². The van der Waals surface area contributed by atoms with E-state index in [4.69, 9.17) is 12.2 Å². The summed E-state index contributed by atoms with van der Waals surface area (Å²) < 4.78 is 2.16. The van der Waals surface area contributed by atoms with E-state index in [1.54, 1.807) is 18.6 Å². The van der Waals surface area contributed by atoms with Gasteiger partial charge in [0.25, 0.3) is 0 Å². The summed E-state index contributed by atoms with van der Waals surface area (Å²) in [5.74, 6) is -0.0116. The lowest BCUT2D eigenvalue weighted by Gasteiger charge is -2.29. The fourth-order valence-corrected chi connectivity index (χ4v) is 4.83. The summed E-state index contributed by atoms with van der Waals surface area (Å²) >= 11 is 5.87. The second-order valence-electron chi connectivity index (χ2n) is 8.41. The molecule has 0 spiro atoms. The number of aromatic nitrogens is 3. The predicted molar refractivity (Wildman–Crippen MR) is 142 cm³/mol. The molecule has 1 aromatic carbocycles. The maximum absolute atomic E-state index is 11.9. The van der Waals surface area contributed by atoms with E-state index in [1.165, 1.54) is 0 Å². The number of anilines is 2. The molecule has 0 saturated carbocycles. The minimum Gasteiger partial charge on any atom is -0.351 e. The van der Waals surface area contributed by atoms with Crippen molar-refractivity contribution < 1.29 is 4.79 Å². The normalized spacial score (nSPS) is 17.3. The molecule has 1 aliphatic rings. The van der Waals surface area contributed by atoms with Crippen molar-refractivity contribution >= 4 is 34.6 Å². The van der Waals surface area contributed by atoms with Crippen LogP contribution < -0.4 is 15.5 Å². The molecular weight excluding hydrogens is 456 g/mol. The molecule has 2 unspecified atom stereocenters. The maximum Gasteiger partial charge on any atom is 0.224 e. The van der Waals surface area contributed by atoms with Crippen molar-refractivity contribution in [3.8, 4) is 5.69 Å². The van der Waals surface area contributed by atoms with E-state index in [-0.39, 0.29) is 18.0 Å². The molecule has 7 nitrogen and oxygen atoms in total. The van der Waals surface area contributed by atoms with E-state index in [2.05, 4.69) is 42.2 Å². The largest absolute Gasteiger partial charge is 0.351 e. The fraction of sp³-hybridized carbons (Fsp3) is 0.185. The van der Waals surface area contributed by atoms with Gasteiger partial charge < -0.3 is 20.1 Å². The van der Waals surface area contributed by atoms with Crippen molar-refractivity contribution in [2.45, 2.75) is 32.4 Å². The monoisotopic (exact) mass is 482 g/mol. The number of amides is 1. The van der Waals surface area contributed by atoms with E-state index >= 15 is 0 Å². The summed E-state index contributed by atoms with van der Waals surface area (Å²) in [7, 11) is 0. The molecule has 1 saturated heterocycles. The van der Waals surface area contributed by atoms with Crippen LogP contribution in [0, 0.1) is 6.92 Å². The summed E-state index contributed by atoms with van der Waals surface area (Å²) in [6.07, 6.45) is 7.86. The van der Waals surface area contributed by atoms with Crippen LogP contribution in [0.25, 0.3) is 5.69 Å². The quantitative estimate of drug-likeness (QED) is 0.373. The summed E-state index contributed by atoms with van der Waals surface area (Å²) in [4.78, 5) is 22.9. The zero-order chi connectivity index (χ0) is 24.4. The molecule has 8 heteroatoms. The highest BCUT2D eigenvalue weighted by atomic mass is 32.1. The molecule has 1 amide bonds. The number of carbonyl (C=O) groups is 1. The molecule has 3 aromatic heterocycles. The van der Waals surface area contributed by atoms with Gasteiger partial charge in [-0.3, -0.25) is 14.8 Å². The molecule has 4 heterocycles. The van der Waals surface area contributed by atoms with Crippen LogP contribution in [0.4, 0.5) is 11.4 Å². The molecule has 0 radical (unpaired) electrons. The minimum atomic E-state index is -0.156. The van der Waals surface area contributed by atoms with Gasteiger partial charge in [0.2, 0.25) is 5.91 Å². The van der Waals surface area contributed by atoms with E-state index in [0.29, 0.717) is 11.5 Å². The first-order valence-corrected chi connectivity index (χ1v) is 12.0. The van der Waals surface area contributed by atoms with Gasteiger partial charge in [-0.2, -0.15) is 0 Å². The van der Waals surface area contributed by atoms with Crippen molar-refractivity contribution in [1.29, 1.82) is 0 Å². The first-order chi connectivity index (χ1) is 17.1. The van der Waals surface area contributed by atoms with Crippen LogP contribution in [0.15, 0.2) is 85.5 Å². The Kier molecular flexibility index (Phi) is 6.29. The lowest BCUT2D eigenvalue weighted by atomic mass is 10.0. The Labute approximate surface area is 209 Å². The number of rotatable bonds is 6. The number of benzene rings is 1. The zero-order valence-corrected chi connectivity index (χ0v) is 20.4. The van der Waals surface area contributed by atoms with Crippen LogP contribution in [-0.2, 0) is 4.79 Å². The first kappa shape index (κ1) is 22.7. The van der Waals surface area contributed by atoms with Gasteiger partial charge in [-0.05, 0) is 79.3 Å². The predicted octanol–water partition coefficient (Wildman–Crippen LogP) is 5.10. The lowest BCUT2D eigenvalue weighted by molar-refractivity contribution is -0.115. The second-order valence-corrected chi connectivity index (χ2v) is 8.79. The van der Waals surface area contributed by atoms with Crippen LogP contribution in [0.1, 0.15) is 42.4 Å². The molecular formula is C27H26N6OS. The Morgan fingerprint density at radius 2 is 1.89 bits per heavy atom. The second kappa shape index (κ2) is 9.68. The number of hydrogen-bond donors (Lipinski definition) is 2. The Balaban J connectivity index is 1.61. The van der Waals surface area contributed by atoms with Gasteiger partial charge >= 0.3 is 0 Å². The Bertz CT molecular complexity index is 1350. The topological polar surface area (TPSA) is 75.1 Å². The summed E-state index contributed by atoms with van der Waals surface area (Å²) in [5, 5.41) is 7.10. The molecule has 4 aromatic rings. The fourth-order valence-electron chi connectivity index (χ4n) is 4.48. The third-order valence-corrected chi connectivity index (χ3v) is 6.52. The molecule has 35 heavy (non-hydrogen) atoms. The highest BCUT2D eigenvalue weighted by Gasteiger charge is 2.42. The highest BCUT2D eigenvalue weighted by Crippen LogP contribution is 2.42. The number of carbonyl (C=O) groups excluding carboxylic acids is 1. The first-order valence-electron chi connectivity index (χ1n) is 11.6. The van der Waals surface area contributed by atoms with E-state index in [1.807, 2.05) is 68.6 Å². The van der Waals surface area contributed by atoms with Gasteiger partial charge in [0.15, 0.2) is 5.11 Å². The van der Waals surface area contributed by atoms with Crippen molar-refractivity contribution in [2.75, 3.05) is 10.2 Å². The molecule has 5 rings (SSSR count). The molecule has 0 bridgehead atoms. The average Bonchev–Trinajstić information content (AvgIpc) is 3.50. The van der Waals surface area contributed by atoms with Crippen molar-refractivity contribution in [3.63, 3.8) is 0 Å². The molecule has 0 aliphatic carbocycles. The summed E-state index contributed by atoms with van der Waals surface area (Å²) in [5.41, 5.74) is 5.72. The zero-order valence-electron chi connectivity index (χ0n) is 19.6. The number of hydrogen-bond acceptors (Lipinski definition) is 4. The van der Waals surface area contributed by atoms with E-state index in [0.717, 1.165) is 34.0 Å². The Morgan fingerprint density at radius 3 is 2.60 bits per heavy atom. The molecule has 2 N–H and O–H groups in total. The van der Waals surface area contributed by atoms with Gasteiger partial charge in [0.05, 0.1) is 11.7 Å². The lowest BCUT2D eigenvalue weighted by Crippen LogP contribution is -2.30. The minimum absolute atomic E-state index is 0.0116. The van der Waals surface area contributed by atoms with Crippen LogP contribution in [0.5, 0.6) is 0 Å². The van der Waals surface area contributed by atoms with Crippen molar-refractivity contribution in [3.05, 3.63) is 102 Å².